The van der Waals surface area contributed by atoms with E-state index in [0.717, 1.165) is 11.9 Å². The molecule has 100 valence electrons. The predicted molar refractivity (Wildman–Crippen MR) is 69.8 cm³/mol. The standard InChI is InChI=1S/C13H15FN4O/c1-17-6-5-16-12(17)8-18(2)13(19)9-3-4-11(15)10(14)7-9/h3-7H,8,15H2,1-2H3. The molecule has 0 saturated heterocycles. The zero-order valence-corrected chi connectivity index (χ0v) is 10.8. The summed E-state index contributed by atoms with van der Waals surface area (Å²) in [5, 5.41) is 0. The molecule has 2 N–H and O–H groups in total. The Balaban J connectivity index is 2.15. The van der Waals surface area contributed by atoms with E-state index in [0.29, 0.717) is 6.54 Å². The second kappa shape index (κ2) is 5.09. The molecule has 0 radical (unpaired) electrons. The number of nitrogens with zero attached hydrogens (tertiary/aromatic N) is 3. The molecule has 19 heavy (non-hydrogen) atoms. The molecule has 5 nitrogen and oxygen atoms in total. The molecule has 1 heterocycles. The van der Waals surface area contributed by atoms with Crippen molar-refractivity contribution in [3.63, 3.8) is 0 Å². The maximum atomic E-state index is 13.3. The Morgan fingerprint density at radius 2 is 2.26 bits per heavy atom. The van der Waals surface area contributed by atoms with Crippen LogP contribution in [-0.4, -0.2) is 27.4 Å². The Hall–Kier alpha value is -2.37. The van der Waals surface area contributed by atoms with Crippen molar-refractivity contribution < 1.29 is 9.18 Å². The topological polar surface area (TPSA) is 64.2 Å². The van der Waals surface area contributed by atoms with Crippen molar-refractivity contribution in [2.75, 3.05) is 12.8 Å². The van der Waals surface area contributed by atoms with Crippen molar-refractivity contribution in [3.05, 3.63) is 47.8 Å². The highest BCUT2D eigenvalue weighted by Gasteiger charge is 2.15. The first-order valence-corrected chi connectivity index (χ1v) is 5.75. The number of carbonyl (C=O) groups is 1. The minimum absolute atomic E-state index is 0.0308. The Morgan fingerprint density at radius 1 is 1.53 bits per heavy atom. The van der Waals surface area contributed by atoms with Crippen LogP contribution in [0.5, 0.6) is 0 Å². The lowest BCUT2D eigenvalue weighted by Gasteiger charge is -2.17. The number of nitrogen functional groups attached to an aromatic ring is 1. The smallest absolute Gasteiger partial charge is 0.254 e. The molecule has 0 aliphatic carbocycles. The molecule has 0 bridgehead atoms. The monoisotopic (exact) mass is 262 g/mol. The quantitative estimate of drug-likeness (QED) is 0.851. The number of amides is 1. The molecule has 2 aromatic rings. The molecule has 6 heteroatoms. The summed E-state index contributed by atoms with van der Waals surface area (Å²) in [6.07, 6.45) is 3.47. The second-order valence-electron chi connectivity index (χ2n) is 4.35. The molecular formula is C13H15FN4O. The van der Waals surface area contributed by atoms with Crippen molar-refractivity contribution in [2.45, 2.75) is 6.54 Å². The summed E-state index contributed by atoms with van der Waals surface area (Å²) in [4.78, 5) is 17.7. The van der Waals surface area contributed by atoms with Gasteiger partial charge >= 0.3 is 0 Å². The molecule has 0 aliphatic rings. The first-order chi connectivity index (χ1) is 8.99. The SMILES string of the molecule is CN(Cc1nccn1C)C(=O)c1ccc(N)c(F)c1. The van der Waals surface area contributed by atoms with Gasteiger partial charge in [-0.1, -0.05) is 0 Å². The summed E-state index contributed by atoms with van der Waals surface area (Å²) in [5.74, 6) is -0.107. The first kappa shape index (κ1) is 13.1. The predicted octanol–water partition coefficient (Wildman–Crippen LogP) is 1.41. The van der Waals surface area contributed by atoms with Gasteiger partial charge in [-0.25, -0.2) is 9.37 Å². The van der Waals surface area contributed by atoms with Gasteiger partial charge in [0.15, 0.2) is 0 Å². The number of imidazole rings is 1. The lowest BCUT2D eigenvalue weighted by atomic mass is 10.2. The molecule has 1 amide bonds. The number of halogens is 1. The third kappa shape index (κ3) is 2.73. The van der Waals surface area contributed by atoms with Gasteiger partial charge in [0, 0.05) is 32.1 Å². The van der Waals surface area contributed by atoms with Gasteiger partial charge in [0.25, 0.3) is 5.91 Å². The van der Waals surface area contributed by atoms with Gasteiger partial charge in [-0.2, -0.15) is 0 Å². The molecule has 2 rings (SSSR count). The number of aryl methyl sites for hydroxylation is 1. The Labute approximate surface area is 110 Å². The maximum Gasteiger partial charge on any atom is 0.254 e. The van der Waals surface area contributed by atoms with E-state index < -0.39 is 5.82 Å². The van der Waals surface area contributed by atoms with E-state index in [-0.39, 0.29) is 17.2 Å². The van der Waals surface area contributed by atoms with Crippen LogP contribution in [0.2, 0.25) is 0 Å². The van der Waals surface area contributed by atoms with E-state index in [1.807, 2.05) is 11.6 Å². The van der Waals surface area contributed by atoms with Crippen molar-refractivity contribution in [1.82, 2.24) is 14.5 Å². The second-order valence-corrected chi connectivity index (χ2v) is 4.35. The summed E-state index contributed by atoms with van der Waals surface area (Å²) < 4.78 is 15.2. The molecule has 0 spiro atoms. The number of nitrogens with two attached hydrogens (primary N) is 1. The molecule has 0 fully saturated rings. The van der Waals surface area contributed by atoms with E-state index in [1.165, 1.54) is 17.0 Å². The van der Waals surface area contributed by atoms with Crippen LogP contribution in [0.15, 0.2) is 30.6 Å². The highest BCUT2D eigenvalue weighted by molar-refractivity contribution is 5.94. The number of anilines is 1. The fraction of sp³-hybridized carbons (Fsp3) is 0.231. The third-order valence-electron chi connectivity index (χ3n) is 2.89. The van der Waals surface area contributed by atoms with Gasteiger partial charge in [-0.05, 0) is 18.2 Å². The van der Waals surface area contributed by atoms with Crippen LogP contribution in [0.1, 0.15) is 16.2 Å². The molecular weight excluding hydrogens is 247 g/mol. The summed E-state index contributed by atoms with van der Waals surface area (Å²) in [6.45, 7) is 0.355. The minimum Gasteiger partial charge on any atom is -0.396 e. The van der Waals surface area contributed by atoms with Crippen LogP contribution in [0.25, 0.3) is 0 Å². The summed E-state index contributed by atoms with van der Waals surface area (Å²) in [6, 6.07) is 4.04. The Kier molecular flexibility index (Phi) is 3.50. The number of rotatable bonds is 3. The van der Waals surface area contributed by atoms with Crippen LogP contribution in [0.4, 0.5) is 10.1 Å². The number of carbonyl (C=O) groups excluding carboxylic acids is 1. The van der Waals surface area contributed by atoms with Gasteiger partial charge < -0.3 is 15.2 Å². The van der Waals surface area contributed by atoms with E-state index >= 15 is 0 Å². The van der Waals surface area contributed by atoms with Crippen molar-refractivity contribution >= 4 is 11.6 Å². The van der Waals surface area contributed by atoms with Gasteiger partial charge in [0.05, 0.1) is 12.2 Å². The lowest BCUT2D eigenvalue weighted by molar-refractivity contribution is 0.0780. The number of aromatic nitrogens is 2. The van der Waals surface area contributed by atoms with Gasteiger partial charge in [0.1, 0.15) is 11.6 Å². The van der Waals surface area contributed by atoms with Crippen LogP contribution in [-0.2, 0) is 13.6 Å². The molecule has 0 aliphatic heterocycles. The summed E-state index contributed by atoms with van der Waals surface area (Å²) >= 11 is 0. The Morgan fingerprint density at radius 3 is 2.84 bits per heavy atom. The van der Waals surface area contributed by atoms with E-state index in [9.17, 15) is 9.18 Å². The highest BCUT2D eigenvalue weighted by atomic mass is 19.1. The van der Waals surface area contributed by atoms with E-state index in [4.69, 9.17) is 5.73 Å². The summed E-state index contributed by atoms with van der Waals surface area (Å²) in [5.41, 5.74) is 5.68. The van der Waals surface area contributed by atoms with Crippen LogP contribution < -0.4 is 5.73 Å². The first-order valence-electron chi connectivity index (χ1n) is 5.75. The maximum absolute atomic E-state index is 13.3. The van der Waals surface area contributed by atoms with Crippen molar-refractivity contribution in [1.29, 1.82) is 0 Å². The fourth-order valence-corrected chi connectivity index (χ4v) is 1.71. The van der Waals surface area contributed by atoms with Gasteiger partial charge in [-0.3, -0.25) is 4.79 Å². The lowest BCUT2D eigenvalue weighted by Crippen LogP contribution is -2.27. The molecule has 0 unspecified atom stereocenters. The highest BCUT2D eigenvalue weighted by Crippen LogP contribution is 2.14. The molecule has 0 atom stereocenters. The summed E-state index contributed by atoms with van der Waals surface area (Å²) in [7, 11) is 3.49. The fourth-order valence-electron chi connectivity index (χ4n) is 1.71. The van der Waals surface area contributed by atoms with E-state index in [1.54, 1.807) is 19.4 Å². The third-order valence-corrected chi connectivity index (χ3v) is 2.89. The van der Waals surface area contributed by atoms with Crippen molar-refractivity contribution in [3.8, 4) is 0 Å². The minimum atomic E-state index is -0.587. The average molecular weight is 262 g/mol. The normalized spacial score (nSPS) is 10.5. The number of hydrogen-bond donors (Lipinski definition) is 1. The zero-order valence-electron chi connectivity index (χ0n) is 10.8. The largest absolute Gasteiger partial charge is 0.396 e. The van der Waals surface area contributed by atoms with Gasteiger partial charge in [0.2, 0.25) is 0 Å². The number of benzene rings is 1. The van der Waals surface area contributed by atoms with Gasteiger partial charge in [-0.15, -0.1) is 0 Å². The van der Waals surface area contributed by atoms with Crippen LogP contribution in [0.3, 0.4) is 0 Å². The zero-order chi connectivity index (χ0) is 14.0. The Bertz CT molecular complexity index is 608. The van der Waals surface area contributed by atoms with E-state index in [2.05, 4.69) is 4.98 Å². The van der Waals surface area contributed by atoms with Crippen LogP contribution >= 0.6 is 0 Å². The number of hydrogen-bond acceptors (Lipinski definition) is 3. The van der Waals surface area contributed by atoms with Crippen LogP contribution in [0, 0.1) is 5.82 Å². The average Bonchev–Trinajstić information content (AvgIpc) is 2.77. The molecule has 0 saturated carbocycles. The molecule has 1 aromatic heterocycles. The molecule has 1 aromatic carbocycles. The van der Waals surface area contributed by atoms with Crippen molar-refractivity contribution in [2.24, 2.45) is 7.05 Å².